The van der Waals surface area contributed by atoms with Gasteiger partial charge in [-0.1, -0.05) is 24.3 Å². The molecule has 1 N–H and O–H groups in total. The summed E-state index contributed by atoms with van der Waals surface area (Å²) >= 11 is 0. The number of aryl methyl sites for hydroxylation is 2. The Morgan fingerprint density at radius 2 is 2.18 bits per heavy atom. The topological polar surface area (TPSA) is 68.0 Å². The molecule has 88 valence electrons. The quantitative estimate of drug-likeness (QED) is 0.870. The molecule has 0 saturated carbocycles. The van der Waals surface area contributed by atoms with Gasteiger partial charge in [-0.2, -0.15) is 5.10 Å². The molecule has 2 rings (SSSR count). The minimum Gasteiger partial charge on any atom is -0.481 e. The van der Waals surface area contributed by atoms with Gasteiger partial charge in [0.1, 0.15) is 6.33 Å². The van der Waals surface area contributed by atoms with E-state index in [1.54, 1.807) is 11.0 Å². The van der Waals surface area contributed by atoms with Crippen LogP contribution in [0, 0.1) is 6.92 Å². The fourth-order valence-electron chi connectivity index (χ4n) is 1.56. The second-order valence-corrected chi connectivity index (χ2v) is 3.79. The van der Waals surface area contributed by atoms with E-state index in [0.29, 0.717) is 12.4 Å². The van der Waals surface area contributed by atoms with Crippen LogP contribution >= 0.6 is 0 Å². The molecule has 0 amide bonds. The highest BCUT2D eigenvalue weighted by Crippen LogP contribution is 2.18. The van der Waals surface area contributed by atoms with Crippen LogP contribution in [0.1, 0.15) is 12.0 Å². The zero-order chi connectivity index (χ0) is 12.3. The summed E-state index contributed by atoms with van der Waals surface area (Å²) in [5, 5.41) is 12.8. The molecule has 0 aliphatic carbocycles. The Hall–Kier alpha value is -2.17. The number of carboxylic acids is 1. The van der Waals surface area contributed by atoms with E-state index in [4.69, 9.17) is 5.11 Å². The fraction of sp³-hybridized carbons (Fsp3) is 0.250. The number of rotatable bonds is 4. The van der Waals surface area contributed by atoms with E-state index >= 15 is 0 Å². The first-order valence-electron chi connectivity index (χ1n) is 5.34. The second kappa shape index (κ2) is 4.78. The monoisotopic (exact) mass is 231 g/mol. The van der Waals surface area contributed by atoms with Crippen LogP contribution in [-0.4, -0.2) is 25.8 Å². The summed E-state index contributed by atoms with van der Waals surface area (Å²) in [5.41, 5.74) is 2.07. The average molecular weight is 231 g/mol. The minimum absolute atomic E-state index is 0.0522. The zero-order valence-corrected chi connectivity index (χ0v) is 9.50. The highest BCUT2D eigenvalue weighted by atomic mass is 16.4. The standard InChI is InChI=1S/C12H13N3O2/c1-9-4-2-3-5-10(9)12-13-8-15(14-12)7-6-11(16)17/h2-5,8H,6-7H2,1H3,(H,16,17). The van der Waals surface area contributed by atoms with Crippen molar-refractivity contribution in [3.05, 3.63) is 36.2 Å². The maximum absolute atomic E-state index is 10.4. The molecule has 1 heterocycles. The van der Waals surface area contributed by atoms with Crippen LogP contribution in [0.5, 0.6) is 0 Å². The second-order valence-electron chi connectivity index (χ2n) is 3.79. The molecule has 1 aromatic heterocycles. The lowest BCUT2D eigenvalue weighted by molar-refractivity contribution is -0.137. The third kappa shape index (κ3) is 2.69. The normalized spacial score (nSPS) is 10.4. The number of aliphatic carboxylic acids is 1. The van der Waals surface area contributed by atoms with Gasteiger partial charge in [0.05, 0.1) is 13.0 Å². The number of hydrogen-bond donors (Lipinski definition) is 1. The first-order valence-corrected chi connectivity index (χ1v) is 5.34. The van der Waals surface area contributed by atoms with Crippen LogP contribution in [0.25, 0.3) is 11.4 Å². The van der Waals surface area contributed by atoms with E-state index in [1.165, 1.54) is 0 Å². The van der Waals surface area contributed by atoms with E-state index in [9.17, 15) is 4.79 Å². The van der Waals surface area contributed by atoms with E-state index < -0.39 is 5.97 Å². The number of benzene rings is 1. The fourth-order valence-corrected chi connectivity index (χ4v) is 1.56. The first-order chi connectivity index (χ1) is 8.16. The third-order valence-corrected chi connectivity index (χ3v) is 2.48. The summed E-state index contributed by atoms with van der Waals surface area (Å²) in [6.07, 6.45) is 1.61. The van der Waals surface area contributed by atoms with Gasteiger partial charge >= 0.3 is 5.97 Å². The molecule has 5 nitrogen and oxygen atoms in total. The number of nitrogens with zero attached hydrogens (tertiary/aromatic N) is 3. The predicted molar refractivity (Wildman–Crippen MR) is 62.4 cm³/mol. The largest absolute Gasteiger partial charge is 0.481 e. The Balaban J connectivity index is 2.18. The van der Waals surface area contributed by atoms with E-state index in [-0.39, 0.29) is 6.42 Å². The molecular weight excluding hydrogens is 218 g/mol. The van der Waals surface area contributed by atoms with Gasteiger partial charge in [0, 0.05) is 5.56 Å². The molecule has 0 atom stereocenters. The van der Waals surface area contributed by atoms with Crippen LogP contribution in [0.15, 0.2) is 30.6 Å². The van der Waals surface area contributed by atoms with Gasteiger partial charge in [-0.25, -0.2) is 4.98 Å². The summed E-state index contributed by atoms with van der Waals surface area (Å²) in [5.74, 6) is -0.202. The maximum Gasteiger partial charge on any atom is 0.305 e. The van der Waals surface area contributed by atoms with Gasteiger partial charge < -0.3 is 5.11 Å². The molecule has 17 heavy (non-hydrogen) atoms. The van der Waals surface area contributed by atoms with Crippen molar-refractivity contribution in [2.24, 2.45) is 0 Å². The highest BCUT2D eigenvalue weighted by molar-refractivity contribution is 5.66. The number of aromatic nitrogens is 3. The highest BCUT2D eigenvalue weighted by Gasteiger charge is 2.07. The first kappa shape index (κ1) is 11.3. The molecular formula is C12H13N3O2. The summed E-state index contributed by atoms with van der Waals surface area (Å²) < 4.78 is 1.55. The third-order valence-electron chi connectivity index (χ3n) is 2.48. The Labute approximate surface area is 98.7 Å². The SMILES string of the molecule is Cc1ccccc1-c1ncn(CCC(=O)O)n1. The molecule has 0 aliphatic heterocycles. The molecule has 0 unspecified atom stereocenters. The van der Waals surface area contributed by atoms with Crippen molar-refractivity contribution >= 4 is 5.97 Å². The zero-order valence-electron chi connectivity index (χ0n) is 9.50. The van der Waals surface area contributed by atoms with Crippen molar-refractivity contribution in [1.82, 2.24) is 14.8 Å². The van der Waals surface area contributed by atoms with Crippen LogP contribution in [0.4, 0.5) is 0 Å². The van der Waals surface area contributed by atoms with Crippen LogP contribution in [-0.2, 0) is 11.3 Å². The number of carbonyl (C=O) groups is 1. The minimum atomic E-state index is -0.835. The van der Waals surface area contributed by atoms with Crippen molar-refractivity contribution in [2.45, 2.75) is 19.9 Å². The molecule has 2 aromatic rings. The van der Waals surface area contributed by atoms with E-state index in [0.717, 1.165) is 11.1 Å². The predicted octanol–water partition coefficient (Wildman–Crippen LogP) is 1.73. The average Bonchev–Trinajstić information content (AvgIpc) is 2.75. The molecule has 0 bridgehead atoms. The molecule has 1 aromatic carbocycles. The molecule has 0 saturated heterocycles. The van der Waals surface area contributed by atoms with Crippen molar-refractivity contribution < 1.29 is 9.90 Å². The molecule has 0 spiro atoms. The van der Waals surface area contributed by atoms with Crippen molar-refractivity contribution in [3.8, 4) is 11.4 Å². The van der Waals surface area contributed by atoms with Gasteiger partial charge in [-0.3, -0.25) is 9.48 Å². The lowest BCUT2D eigenvalue weighted by atomic mass is 10.1. The van der Waals surface area contributed by atoms with Crippen molar-refractivity contribution in [3.63, 3.8) is 0 Å². The van der Waals surface area contributed by atoms with Crippen LogP contribution in [0.2, 0.25) is 0 Å². The van der Waals surface area contributed by atoms with Gasteiger partial charge in [-0.15, -0.1) is 0 Å². The number of carboxylic acid groups (broad SMARTS) is 1. The van der Waals surface area contributed by atoms with Crippen LogP contribution < -0.4 is 0 Å². The summed E-state index contributed by atoms with van der Waals surface area (Å²) in [7, 11) is 0. The van der Waals surface area contributed by atoms with Gasteiger partial charge in [0.25, 0.3) is 0 Å². The Bertz CT molecular complexity index is 534. The van der Waals surface area contributed by atoms with Crippen molar-refractivity contribution in [1.29, 1.82) is 0 Å². The Kier molecular flexibility index (Phi) is 3.18. The smallest absolute Gasteiger partial charge is 0.305 e. The molecule has 0 fully saturated rings. The number of hydrogen-bond acceptors (Lipinski definition) is 3. The van der Waals surface area contributed by atoms with E-state index in [2.05, 4.69) is 10.1 Å². The lowest BCUT2D eigenvalue weighted by Gasteiger charge is -2.00. The Morgan fingerprint density at radius 3 is 2.88 bits per heavy atom. The maximum atomic E-state index is 10.4. The summed E-state index contributed by atoms with van der Waals surface area (Å²) in [6, 6.07) is 7.83. The summed E-state index contributed by atoms with van der Waals surface area (Å²) in [4.78, 5) is 14.6. The molecule has 5 heteroatoms. The van der Waals surface area contributed by atoms with E-state index in [1.807, 2.05) is 31.2 Å². The van der Waals surface area contributed by atoms with Gasteiger partial charge in [0.2, 0.25) is 0 Å². The van der Waals surface area contributed by atoms with Crippen LogP contribution in [0.3, 0.4) is 0 Å². The Morgan fingerprint density at radius 1 is 1.41 bits per heavy atom. The lowest BCUT2D eigenvalue weighted by Crippen LogP contribution is -2.04. The van der Waals surface area contributed by atoms with Gasteiger partial charge in [0.15, 0.2) is 5.82 Å². The molecule has 0 aliphatic rings. The molecule has 0 radical (unpaired) electrons. The summed E-state index contributed by atoms with van der Waals surface area (Å²) in [6.45, 7) is 2.33. The van der Waals surface area contributed by atoms with Gasteiger partial charge in [-0.05, 0) is 12.5 Å². The van der Waals surface area contributed by atoms with Crippen molar-refractivity contribution in [2.75, 3.05) is 0 Å².